The summed E-state index contributed by atoms with van der Waals surface area (Å²) in [5.41, 5.74) is 0.196. The summed E-state index contributed by atoms with van der Waals surface area (Å²) in [6.07, 6.45) is 3.45. The zero-order valence-corrected chi connectivity index (χ0v) is 16.0. The number of carbonyl (C=O) groups excluding carboxylic acids is 2. The monoisotopic (exact) mass is 373 g/mol. The Bertz CT molecular complexity index is 701. The molecule has 6 heteroatoms. The van der Waals surface area contributed by atoms with Crippen molar-refractivity contribution in [2.24, 2.45) is 11.3 Å². The fraction of sp³-hybridized carbons (Fsp3) is 0.619. The Balaban J connectivity index is 1.36. The first-order valence-corrected chi connectivity index (χ1v) is 10.1. The average molecular weight is 373 g/mol. The number of piperidine rings is 1. The van der Waals surface area contributed by atoms with E-state index in [4.69, 9.17) is 0 Å². The Kier molecular flexibility index (Phi) is 4.82. The standard InChI is InChI=1S/C21H28FN3O2/c1-16-6-10-24(11-7-16)19(26)21(8-9-21)20(27)25-14-12-23(13-15-25)18-4-2-17(22)3-5-18/h2-5,16H,6-15H2,1H3. The summed E-state index contributed by atoms with van der Waals surface area (Å²) in [5.74, 6) is 0.499. The van der Waals surface area contributed by atoms with E-state index in [1.165, 1.54) is 12.1 Å². The van der Waals surface area contributed by atoms with Gasteiger partial charge in [0.25, 0.3) is 0 Å². The summed E-state index contributed by atoms with van der Waals surface area (Å²) in [7, 11) is 0. The molecule has 0 spiro atoms. The van der Waals surface area contributed by atoms with Crippen molar-refractivity contribution in [3.63, 3.8) is 0 Å². The minimum atomic E-state index is -0.779. The van der Waals surface area contributed by atoms with E-state index >= 15 is 0 Å². The highest BCUT2D eigenvalue weighted by Crippen LogP contribution is 2.49. The van der Waals surface area contributed by atoms with Gasteiger partial charge in [0.1, 0.15) is 11.2 Å². The van der Waals surface area contributed by atoms with Crippen LogP contribution in [0.1, 0.15) is 32.6 Å². The number of halogens is 1. The molecule has 2 saturated heterocycles. The zero-order valence-electron chi connectivity index (χ0n) is 16.0. The SMILES string of the molecule is CC1CCN(C(=O)C2(C(=O)N3CCN(c4ccc(F)cc4)CC3)CC2)CC1. The smallest absolute Gasteiger partial charge is 0.238 e. The maximum atomic E-state index is 13.1. The van der Waals surface area contributed by atoms with Gasteiger partial charge in [-0.05, 0) is 55.9 Å². The van der Waals surface area contributed by atoms with Crippen LogP contribution in [0, 0.1) is 17.2 Å². The third-order valence-corrected chi connectivity index (χ3v) is 6.40. The Morgan fingerprint density at radius 1 is 0.889 bits per heavy atom. The van der Waals surface area contributed by atoms with Crippen molar-refractivity contribution in [2.45, 2.75) is 32.6 Å². The molecule has 27 heavy (non-hydrogen) atoms. The van der Waals surface area contributed by atoms with Crippen molar-refractivity contribution in [1.82, 2.24) is 9.80 Å². The third kappa shape index (κ3) is 3.54. The van der Waals surface area contributed by atoms with Gasteiger partial charge in [-0.25, -0.2) is 4.39 Å². The van der Waals surface area contributed by atoms with Crippen LogP contribution in [0.5, 0.6) is 0 Å². The number of likely N-dealkylation sites (tertiary alicyclic amines) is 1. The quantitative estimate of drug-likeness (QED) is 0.765. The van der Waals surface area contributed by atoms with E-state index in [2.05, 4.69) is 11.8 Å². The number of amides is 2. The van der Waals surface area contributed by atoms with Gasteiger partial charge in [0, 0.05) is 45.0 Å². The second-order valence-corrected chi connectivity index (χ2v) is 8.31. The molecule has 0 aromatic heterocycles. The lowest BCUT2D eigenvalue weighted by atomic mass is 9.96. The molecule has 3 fully saturated rings. The van der Waals surface area contributed by atoms with E-state index in [1.54, 1.807) is 12.1 Å². The van der Waals surface area contributed by atoms with Crippen LogP contribution >= 0.6 is 0 Å². The summed E-state index contributed by atoms with van der Waals surface area (Å²) < 4.78 is 13.1. The number of hydrogen-bond donors (Lipinski definition) is 0. The van der Waals surface area contributed by atoms with Crippen LogP contribution in [0.3, 0.4) is 0 Å². The van der Waals surface area contributed by atoms with Gasteiger partial charge < -0.3 is 14.7 Å². The molecular weight excluding hydrogens is 345 g/mol. The minimum absolute atomic E-state index is 0.0184. The van der Waals surface area contributed by atoms with Crippen LogP contribution in [0.25, 0.3) is 0 Å². The number of nitrogens with zero attached hydrogens (tertiary/aromatic N) is 3. The molecule has 0 atom stereocenters. The second kappa shape index (κ2) is 7.13. The van der Waals surface area contributed by atoms with E-state index in [1.807, 2.05) is 9.80 Å². The Morgan fingerprint density at radius 2 is 1.41 bits per heavy atom. The van der Waals surface area contributed by atoms with Crippen molar-refractivity contribution in [2.75, 3.05) is 44.2 Å². The van der Waals surface area contributed by atoms with Gasteiger partial charge in [-0.2, -0.15) is 0 Å². The summed E-state index contributed by atoms with van der Waals surface area (Å²) in [6, 6.07) is 6.47. The zero-order chi connectivity index (χ0) is 19.0. The number of hydrogen-bond acceptors (Lipinski definition) is 3. The van der Waals surface area contributed by atoms with Gasteiger partial charge in [0.2, 0.25) is 11.8 Å². The highest BCUT2D eigenvalue weighted by molar-refractivity contribution is 6.08. The van der Waals surface area contributed by atoms with Crippen LogP contribution in [0.4, 0.5) is 10.1 Å². The average Bonchev–Trinajstić information content (AvgIpc) is 3.50. The van der Waals surface area contributed by atoms with E-state index in [0.717, 1.165) is 31.6 Å². The highest BCUT2D eigenvalue weighted by atomic mass is 19.1. The first kappa shape index (κ1) is 18.3. The lowest BCUT2D eigenvalue weighted by molar-refractivity contribution is -0.150. The number of anilines is 1. The lowest BCUT2D eigenvalue weighted by Gasteiger charge is -2.39. The molecule has 3 aliphatic rings. The maximum absolute atomic E-state index is 13.1. The number of carbonyl (C=O) groups is 2. The second-order valence-electron chi connectivity index (χ2n) is 8.31. The van der Waals surface area contributed by atoms with Crippen molar-refractivity contribution in [1.29, 1.82) is 0 Å². The Hall–Kier alpha value is -2.11. The van der Waals surface area contributed by atoms with E-state index in [-0.39, 0.29) is 17.6 Å². The Morgan fingerprint density at radius 3 is 1.93 bits per heavy atom. The first-order valence-electron chi connectivity index (χ1n) is 10.1. The molecule has 1 aliphatic carbocycles. The third-order valence-electron chi connectivity index (χ3n) is 6.40. The summed E-state index contributed by atoms with van der Waals surface area (Å²) in [4.78, 5) is 32.1. The maximum Gasteiger partial charge on any atom is 0.238 e. The first-order chi connectivity index (χ1) is 13.0. The van der Waals surface area contributed by atoms with Gasteiger partial charge in [0.15, 0.2) is 0 Å². The number of benzene rings is 1. The predicted molar refractivity (Wildman–Crippen MR) is 102 cm³/mol. The molecule has 5 nitrogen and oxygen atoms in total. The number of piperazine rings is 1. The fourth-order valence-corrected chi connectivity index (χ4v) is 4.28. The highest BCUT2D eigenvalue weighted by Gasteiger charge is 2.59. The largest absolute Gasteiger partial charge is 0.368 e. The van der Waals surface area contributed by atoms with E-state index in [0.29, 0.717) is 44.9 Å². The van der Waals surface area contributed by atoms with Crippen LogP contribution < -0.4 is 4.90 Å². The van der Waals surface area contributed by atoms with E-state index < -0.39 is 5.41 Å². The molecule has 0 radical (unpaired) electrons. The molecule has 0 unspecified atom stereocenters. The van der Waals surface area contributed by atoms with Gasteiger partial charge in [-0.1, -0.05) is 6.92 Å². The molecule has 0 bridgehead atoms. The van der Waals surface area contributed by atoms with Crippen LogP contribution in [-0.4, -0.2) is 60.9 Å². The molecule has 2 heterocycles. The summed E-state index contributed by atoms with van der Waals surface area (Å²) in [6.45, 7) is 6.44. The molecule has 2 aliphatic heterocycles. The molecule has 1 saturated carbocycles. The molecular formula is C21H28FN3O2. The molecule has 4 rings (SSSR count). The van der Waals surface area contributed by atoms with Gasteiger partial charge in [-0.3, -0.25) is 9.59 Å². The normalized spacial score (nSPS) is 22.7. The summed E-state index contributed by atoms with van der Waals surface area (Å²) in [5, 5.41) is 0. The molecule has 1 aromatic carbocycles. The lowest BCUT2D eigenvalue weighted by Crippen LogP contribution is -2.54. The molecule has 146 valence electrons. The van der Waals surface area contributed by atoms with Gasteiger partial charge in [-0.15, -0.1) is 0 Å². The molecule has 1 aromatic rings. The molecule has 2 amide bonds. The van der Waals surface area contributed by atoms with Crippen LogP contribution in [-0.2, 0) is 9.59 Å². The van der Waals surface area contributed by atoms with E-state index in [9.17, 15) is 14.0 Å². The van der Waals surface area contributed by atoms with Gasteiger partial charge in [0.05, 0.1) is 0 Å². The van der Waals surface area contributed by atoms with Crippen molar-refractivity contribution in [3.8, 4) is 0 Å². The minimum Gasteiger partial charge on any atom is -0.368 e. The fourth-order valence-electron chi connectivity index (χ4n) is 4.28. The predicted octanol–water partition coefficient (Wildman–Crippen LogP) is 2.51. The topological polar surface area (TPSA) is 43.9 Å². The van der Waals surface area contributed by atoms with Crippen molar-refractivity contribution in [3.05, 3.63) is 30.1 Å². The molecule has 0 N–H and O–H groups in total. The van der Waals surface area contributed by atoms with Crippen LogP contribution in [0.15, 0.2) is 24.3 Å². The van der Waals surface area contributed by atoms with Crippen LogP contribution in [0.2, 0.25) is 0 Å². The number of rotatable bonds is 3. The van der Waals surface area contributed by atoms with Crippen molar-refractivity contribution < 1.29 is 14.0 Å². The van der Waals surface area contributed by atoms with Crippen molar-refractivity contribution >= 4 is 17.5 Å². The Labute approximate surface area is 160 Å². The summed E-state index contributed by atoms with van der Waals surface area (Å²) >= 11 is 0. The van der Waals surface area contributed by atoms with Gasteiger partial charge >= 0.3 is 0 Å².